The molecule has 0 aromatic heterocycles. The molecule has 3 rings (SSSR count). The van der Waals surface area contributed by atoms with E-state index in [2.05, 4.69) is 47.8 Å². The SMILES string of the molecule is CNC/C=C(/Oc1ccc2ccccc2c1)c1ccccc1. The van der Waals surface area contributed by atoms with Crippen LogP contribution in [0.1, 0.15) is 5.56 Å². The van der Waals surface area contributed by atoms with Crippen LogP contribution < -0.4 is 10.1 Å². The molecule has 0 atom stereocenters. The fourth-order valence-corrected chi connectivity index (χ4v) is 2.37. The normalized spacial score (nSPS) is 11.6. The predicted octanol–water partition coefficient (Wildman–Crippen LogP) is 4.48. The van der Waals surface area contributed by atoms with E-state index >= 15 is 0 Å². The topological polar surface area (TPSA) is 21.3 Å². The van der Waals surface area contributed by atoms with Crippen molar-refractivity contribution in [3.05, 3.63) is 84.4 Å². The molecule has 0 bridgehead atoms. The Morgan fingerprint density at radius 3 is 2.41 bits per heavy atom. The molecular formula is C20H19NO. The molecule has 0 unspecified atom stereocenters. The summed E-state index contributed by atoms with van der Waals surface area (Å²) in [5.41, 5.74) is 1.07. The van der Waals surface area contributed by atoms with Gasteiger partial charge < -0.3 is 10.1 Å². The van der Waals surface area contributed by atoms with Gasteiger partial charge in [0.2, 0.25) is 0 Å². The van der Waals surface area contributed by atoms with Crippen molar-refractivity contribution >= 4 is 16.5 Å². The Morgan fingerprint density at radius 2 is 1.64 bits per heavy atom. The van der Waals surface area contributed by atoms with E-state index in [1.165, 1.54) is 10.8 Å². The van der Waals surface area contributed by atoms with Gasteiger partial charge in [0, 0.05) is 12.1 Å². The van der Waals surface area contributed by atoms with E-state index in [1.807, 2.05) is 43.4 Å². The fourth-order valence-electron chi connectivity index (χ4n) is 2.37. The number of fused-ring (bicyclic) bond motifs is 1. The molecule has 0 amide bonds. The lowest BCUT2D eigenvalue weighted by Crippen LogP contribution is -2.07. The van der Waals surface area contributed by atoms with Gasteiger partial charge in [-0.3, -0.25) is 0 Å². The van der Waals surface area contributed by atoms with Crippen molar-refractivity contribution in [3.8, 4) is 5.75 Å². The maximum absolute atomic E-state index is 6.13. The molecular weight excluding hydrogens is 270 g/mol. The van der Waals surface area contributed by atoms with Crippen LogP contribution in [-0.2, 0) is 0 Å². The van der Waals surface area contributed by atoms with Crippen molar-refractivity contribution in [1.29, 1.82) is 0 Å². The van der Waals surface area contributed by atoms with Crippen LogP contribution in [0.5, 0.6) is 5.75 Å². The zero-order valence-corrected chi connectivity index (χ0v) is 12.6. The Kier molecular flexibility index (Phi) is 4.52. The third-order valence-electron chi connectivity index (χ3n) is 3.50. The molecule has 1 N–H and O–H groups in total. The number of rotatable bonds is 5. The molecule has 0 radical (unpaired) electrons. The second-order valence-electron chi connectivity index (χ2n) is 5.10. The number of likely N-dealkylation sites (N-methyl/N-ethyl adjacent to an activating group) is 1. The molecule has 22 heavy (non-hydrogen) atoms. The van der Waals surface area contributed by atoms with E-state index < -0.39 is 0 Å². The van der Waals surface area contributed by atoms with Crippen molar-refractivity contribution in [2.75, 3.05) is 13.6 Å². The van der Waals surface area contributed by atoms with Gasteiger partial charge >= 0.3 is 0 Å². The summed E-state index contributed by atoms with van der Waals surface area (Å²) < 4.78 is 6.13. The summed E-state index contributed by atoms with van der Waals surface area (Å²) in [7, 11) is 1.93. The van der Waals surface area contributed by atoms with Crippen molar-refractivity contribution < 1.29 is 4.74 Å². The molecule has 2 nitrogen and oxygen atoms in total. The van der Waals surface area contributed by atoms with E-state index in [9.17, 15) is 0 Å². The highest BCUT2D eigenvalue weighted by atomic mass is 16.5. The zero-order chi connectivity index (χ0) is 15.2. The van der Waals surface area contributed by atoms with Gasteiger partial charge in [-0.25, -0.2) is 0 Å². The molecule has 0 aliphatic carbocycles. The van der Waals surface area contributed by atoms with Crippen molar-refractivity contribution in [2.45, 2.75) is 0 Å². The summed E-state index contributed by atoms with van der Waals surface area (Å²) in [6.45, 7) is 0.762. The van der Waals surface area contributed by atoms with Crippen LogP contribution in [0, 0.1) is 0 Å². The Morgan fingerprint density at radius 1 is 0.909 bits per heavy atom. The molecule has 0 spiro atoms. The van der Waals surface area contributed by atoms with Gasteiger partial charge in [0.05, 0.1) is 0 Å². The van der Waals surface area contributed by atoms with Crippen LogP contribution in [0.2, 0.25) is 0 Å². The minimum atomic E-state index is 0.762. The first-order valence-corrected chi connectivity index (χ1v) is 7.43. The third-order valence-corrected chi connectivity index (χ3v) is 3.50. The van der Waals surface area contributed by atoms with Gasteiger partial charge in [-0.2, -0.15) is 0 Å². The van der Waals surface area contributed by atoms with Gasteiger partial charge in [-0.1, -0.05) is 60.7 Å². The molecule has 3 aromatic carbocycles. The van der Waals surface area contributed by atoms with Gasteiger partial charge in [0.1, 0.15) is 11.5 Å². The van der Waals surface area contributed by atoms with E-state index in [0.717, 1.165) is 23.6 Å². The molecule has 110 valence electrons. The number of hydrogen-bond donors (Lipinski definition) is 1. The first-order chi connectivity index (χ1) is 10.9. The third kappa shape index (κ3) is 3.35. The highest BCUT2D eigenvalue weighted by molar-refractivity contribution is 5.84. The molecule has 0 saturated carbocycles. The van der Waals surface area contributed by atoms with Gasteiger partial charge in [-0.05, 0) is 36.0 Å². The van der Waals surface area contributed by atoms with Crippen LogP contribution in [0.25, 0.3) is 16.5 Å². The van der Waals surface area contributed by atoms with Crippen LogP contribution >= 0.6 is 0 Å². The first-order valence-electron chi connectivity index (χ1n) is 7.43. The van der Waals surface area contributed by atoms with Crippen LogP contribution in [0.4, 0.5) is 0 Å². The minimum Gasteiger partial charge on any atom is -0.457 e. The highest BCUT2D eigenvalue weighted by Gasteiger charge is 2.05. The number of ether oxygens (including phenoxy) is 1. The van der Waals surface area contributed by atoms with Crippen molar-refractivity contribution in [1.82, 2.24) is 5.32 Å². The average Bonchev–Trinajstić information content (AvgIpc) is 2.59. The van der Waals surface area contributed by atoms with Crippen molar-refractivity contribution in [2.24, 2.45) is 0 Å². The maximum atomic E-state index is 6.13. The lowest BCUT2D eigenvalue weighted by Gasteiger charge is -2.11. The lowest BCUT2D eigenvalue weighted by molar-refractivity contribution is 0.513. The second kappa shape index (κ2) is 6.92. The standard InChI is InChI=1S/C20H19NO/c1-21-14-13-20(17-8-3-2-4-9-17)22-19-12-11-16-7-5-6-10-18(16)15-19/h2-13,15,21H,14H2,1H3/b20-13+. The van der Waals surface area contributed by atoms with Crippen LogP contribution in [-0.4, -0.2) is 13.6 Å². The smallest absolute Gasteiger partial charge is 0.131 e. The molecule has 2 heteroatoms. The fraction of sp³-hybridized carbons (Fsp3) is 0.100. The lowest BCUT2D eigenvalue weighted by atomic mass is 10.1. The molecule has 0 saturated heterocycles. The molecule has 0 aliphatic heterocycles. The largest absolute Gasteiger partial charge is 0.457 e. The molecule has 0 heterocycles. The number of benzene rings is 3. The van der Waals surface area contributed by atoms with Crippen LogP contribution in [0.3, 0.4) is 0 Å². The van der Waals surface area contributed by atoms with Gasteiger partial charge in [0.15, 0.2) is 0 Å². The molecule has 0 fully saturated rings. The zero-order valence-electron chi connectivity index (χ0n) is 12.6. The highest BCUT2D eigenvalue weighted by Crippen LogP contribution is 2.25. The predicted molar refractivity (Wildman–Crippen MR) is 92.9 cm³/mol. The summed E-state index contributed by atoms with van der Waals surface area (Å²) in [6, 6.07) is 24.6. The summed E-state index contributed by atoms with van der Waals surface area (Å²) in [6.07, 6.45) is 2.06. The summed E-state index contributed by atoms with van der Waals surface area (Å²) in [4.78, 5) is 0. The minimum absolute atomic E-state index is 0.762. The summed E-state index contributed by atoms with van der Waals surface area (Å²) >= 11 is 0. The molecule has 3 aromatic rings. The van der Waals surface area contributed by atoms with Gasteiger partial charge in [0.25, 0.3) is 0 Å². The van der Waals surface area contributed by atoms with E-state index in [4.69, 9.17) is 4.74 Å². The van der Waals surface area contributed by atoms with Crippen LogP contribution in [0.15, 0.2) is 78.9 Å². The quantitative estimate of drug-likeness (QED) is 0.699. The Balaban J connectivity index is 1.91. The van der Waals surface area contributed by atoms with Crippen molar-refractivity contribution in [3.63, 3.8) is 0 Å². The Bertz CT molecular complexity index is 778. The maximum Gasteiger partial charge on any atom is 0.131 e. The molecule has 0 aliphatic rings. The Labute approximate surface area is 131 Å². The number of hydrogen-bond acceptors (Lipinski definition) is 2. The Hall–Kier alpha value is -2.58. The van der Waals surface area contributed by atoms with E-state index in [-0.39, 0.29) is 0 Å². The second-order valence-corrected chi connectivity index (χ2v) is 5.10. The van der Waals surface area contributed by atoms with Gasteiger partial charge in [-0.15, -0.1) is 0 Å². The van der Waals surface area contributed by atoms with E-state index in [1.54, 1.807) is 0 Å². The summed E-state index contributed by atoms with van der Waals surface area (Å²) in [5.74, 6) is 1.72. The first kappa shape index (κ1) is 14.4. The monoisotopic (exact) mass is 289 g/mol. The van der Waals surface area contributed by atoms with E-state index in [0.29, 0.717) is 0 Å². The average molecular weight is 289 g/mol. The number of nitrogens with one attached hydrogen (secondary N) is 1. The summed E-state index contributed by atoms with van der Waals surface area (Å²) in [5, 5.41) is 5.53.